The Labute approximate surface area is 217 Å². The van der Waals surface area contributed by atoms with Gasteiger partial charge in [-0.05, 0) is 61.6 Å². The van der Waals surface area contributed by atoms with Crippen molar-refractivity contribution in [3.63, 3.8) is 0 Å². The Bertz CT molecular complexity index is 989. The SMILES string of the molecule is O=C(N1CC2CN(Cc3ccc(Cl)cc3N3CCCCCOCCCC3)CC2C1)n1cc(Cl)cn1. The number of halogens is 2. The van der Waals surface area contributed by atoms with E-state index in [1.54, 1.807) is 6.20 Å². The number of ether oxygens (including phenoxy) is 1. The minimum absolute atomic E-state index is 0.0807. The van der Waals surface area contributed by atoms with Crippen LogP contribution in [-0.2, 0) is 11.3 Å². The van der Waals surface area contributed by atoms with Crippen LogP contribution in [0.3, 0.4) is 0 Å². The van der Waals surface area contributed by atoms with E-state index in [9.17, 15) is 4.79 Å². The second-order valence-electron chi connectivity index (χ2n) is 10.1. The summed E-state index contributed by atoms with van der Waals surface area (Å²) < 4.78 is 7.09. The highest BCUT2D eigenvalue weighted by molar-refractivity contribution is 6.31. The van der Waals surface area contributed by atoms with Crippen molar-refractivity contribution in [2.45, 2.75) is 38.6 Å². The molecule has 5 rings (SSSR count). The summed E-state index contributed by atoms with van der Waals surface area (Å²) in [6, 6.07) is 6.30. The molecule has 0 N–H and O–H groups in total. The minimum Gasteiger partial charge on any atom is -0.381 e. The first kappa shape index (κ1) is 24.9. The predicted molar refractivity (Wildman–Crippen MR) is 139 cm³/mol. The van der Waals surface area contributed by atoms with Crippen molar-refractivity contribution in [3.05, 3.63) is 46.2 Å². The lowest BCUT2D eigenvalue weighted by atomic mass is 10.0. The lowest BCUT2D eigenvalue weighted by Gasteiger charge is -2.29. The van der Waals surface area contributed by atoms with Crippen molar-refractivity contribution in [3.8, 4) is 0 Å². The van der Waals surface area contributed by atoms with Gasteiger partial charge in [0.05, 0.1) is 17.4 Å². The molecule has 0 bridgehead atoms. The van der Waals surface area contributed by atoms with Crippen LogP contribution in [0.5, 0.6) is 0 Å². The van der Waals surface area contributed by atoms with Gasteiger partial charge in [-0.2, -0.15) is 9.78 Å². The topological polar surface area (TPSA) is 53.8 Å². The third-order valence-corrected chi connectivity index (χ3v) is 7.98. The minimum atomic E-state index is -0.0807. The van der Waals surface area contributed by atoms with E-state index >= 15 is 0 Å². The Balaban J connectivity index is 1.22. The molecule has 1 aromatic heterocycles. The van der Waals surface area contributed by atoms with Gasteiger partial charge in [0, 0.05) is 69.7 Å². The molecule has 3 fully saturated rings. The molecule has 4 heterocycles. The van der Waals surface area contributed by atoms with E-state index < -0.39 is 0 Å². The number of rotatable bonds is 3. The zero-order chi connectivity index (χ0) is 24.2. The van der Waals surface area contributed by atoms with E-state index in [0.29, 0.717) is 16.9 Å². The summed E-state index contributed by atoms with van der Waals surface area (Å²) >= 11 is 12.4. The molecule has 0 aliphatic carbocycles. The molecule has 3 aliphatic rings. The van der Waals surface area contributed by atoms with E-state index in [2.05, 4.69) is 27.0 Å². The largest absolute Gasteiger partial charge is 0.381 e. The first-order valence-corrected chi connectivity index (χ1v) is 13.7. The molecule has 2 atom stereocenters. The van der Waals surface area contributed by atoms with E-state index in [4.69, 9.17) is 27.9 Å². The van der Waals surface area contributed by atoms with Crippen LogP contribution >= 0.6 is 23.2 Å². The number of carbonyl (C=O) groups is 1. The standard InChI is InChI=1S/C26H35Cl2N5O2/c27-23-7-6-20(25(12-23)31-8-2-1-4-10-35-11-5-3-9-31)14-30-15-21-17-32(18-22(21)16-30)26(34)33-19-24(28)13-29-33/h6-7,12-13,19,21-22H,1-5,8-11,14-18H2. The third-order valence-electron chi connectivity index (χ3n) is 7.54. The van der Waals surface area contributed by atoms with Crippen LogP contribution in [0, 0.1) is 11.8 Å². The highest BCUT2D eigenvalue weighted by atomic mass is 35.5. The Morgan fingerprint density at radius 2 is 1.66 bits per heavy atom. The summed E-state index contributed by atoms with van der Waals surface area (Å²) in [5.41, 5.74) is 2.63. The molecule has 3 saturated heterocycles. The average molecular weight is 521 g/mol. The molecule has 1 amide bonds. The van der Waals surface area contributed by atoms with Gasteiger partial charge >= 0.3 is 6.03 Å². The molecule has 0 saturated carbocycles. The van der Waals surface area contributed by atoms with Crippen LogP contribution in [-0.4, -0.2) is 78.1 Å². The molecule has 2 aromatic rings. The molecular formula is C26H35Cl2N5O2. The second-order valence-corrected chi connectivity index (χ2v) is 11.0. The summed E-state index contributed by atoms with van der Waals surface area (Å²) in [5, 5.41) is 5.36. The highest BCUT2D eigenvalue weighted by Crippen LogP contribution is 2.34. The monoisotopic (exact) mass is 519 g/mol. The summed E-state index contributed by atoms with van der Waals surface area (Å²) in [6.45, 7) is 8.34. The fourth-order valence-electron chi connectivity index (χ4n) is 5.78. The van der Waals surface area contributed by atoms with Crippen molar-refractivity contribution in [1.82, 2.24) is 19.6 Å². The van der Waals surface area contributed by atoms with Gasteiger partial charge in [-0.15, -0.1) is 0 Å². The quantitative estimate of drug-likeness (QED) is 0.570. The zero-order valence-electron chi connectivity index (χ0n) is 20.2. The smallest absolute Gasteiger partial charge is 0.344 e. The van der Waals surface area contributed by atoms with Crippen molar-refractivity contribution in [1.29, 1.82) is 0 Å². The van der Waals surface area contributed by atoms with Crippen molar-refractivity contribution >= 4 is 34.9 Å². The van der Waals surface area contributed by atoms with Crippen LogP contribution in [0.2, 0.25) is 10.0 Å². The number of hydrogen-bond donors (Lipinski definition) is 0. The van der Waals surface area contributed by atoms with Crippen LogP contribution in [0.25, 0.3) is 0 Å². The predicted octanol–water partition coefficient (Wildman–Crippen LogP) is 5.01. The lowest BCUT2D eigenvalue weighted by Crippen LogP contribution is -2.36. The van der Waals surface area contributed by atoms with Gasteiger partial charge in [-0.1, -0.05) is 29.3 Å². The van der Waals surface area contributed by atoms with Gasteiger partial charge in [0.2, 0.25) is 0 Å². The number of aromatic nitrogens is 2. The van der Waals surface area contributed by atoms with E-state index in [1.165, 1.54) is 35.0 Å². The Morgan fingerprint density at radius 3 is 2.37 bits per heavy atom. The highest BCUT2D eigenvalue weighted by Gasteiger charge is 2.42. The summed E-state index contributed by atoms with van der Waals surface area (Å²) in [5.74, 6) is 0.997. The number of likely N-dealkylation sites (tertiary alicyclic amines) is 2. The number of carbonyl (C=O) groups excluding carboxylic acids is 1. The lowest BCUT2D eigenvalue weighted by molar-refractivity contribution is 0.128. The van der Waals surface area contributed by atoms with Crippen LogP contribution in [0.4, 0.5) is 10.5 Å². The number of amides is 1. The van der Waals surface area contributed by atoms with Crippen molar-refractivity contribution in [2.75, 3.05) is 57.4 Å². The van der Waals surface area contributed by atoms with Gasteiger partial charge in [0.15, 0.2) is 0 Å². The molecule has 7 nitrogen and oxygen atoms in total. The first-order chi connectivity index (χ1) is 17.1. The Morgan fingerprint density at radius 1 is 0.943 bits per heavy atom. The number of benzene rings is 1. The second kappa shape index (κ2) is 11.5. The van der Waals surface area contributed by atoms with Crippen LogP contribution in [0.1, 0.15) is 37.7 Å². The van der Waals surface area contributed by atoms with Crippen LogP contribution in [0.15, 0.2) is 30.6 Å². The van der Waals surface area contributed by atoms with Gasteiger partial charge in [0.1, 0.15) is 0 Å². The maximum atomic E-state index is 12.8. The molecule has 9 heteroatoms. The van der Waals surface area contributed by atoms with Gasteiger partial charge < -0.3 is 14.5 Å². The molecule has 190 valence electrons. The summed E-state index contributed by atoms with van der Waals surface area (Å²) in [7, 11) is 0. The Hall–Kier alpha value is -1.80. The maximum Gasteiger partial charge on any atom is 0.344 e. The van der Waals surface area contributed by atoms with Gasteiger partial charge in [-0.3, -0.25) is 4.90 Å². The zero-order valence-corrected chi connectivity index (χ0v) is 21.8. The van der Waals surface area contributed by atoms with Gasteiger partial charge in [-0.25, -0.2) is 4.79 Å². The number of hydrogen-bond acceptors (Lipinski definition) is 5. The van der Waals surface area contributed by atoms with E-state index in [-0.39, 0.29) is 6.03 Å². The van der Waals surface area contributed by atoms with Gasteiger partial charge in [0.25, 0.3) is 0 Å². The maximum absolute atomic E-state index is 12.8. The molecule has 1 aromatic carbocycles. The third kappa shape index (κ3) is 6.13. The fraction of sp³-hybridized carbons (Fsp3) is 0.615. The molecule has 35 heavy (non-hydrogen) atoms. The first-order valence-electron chi connectivity index (χ1n) is 12.9. The average Bonchev–Trinajstić information content (AvgIpc) is 3.53. The molecule has 0 spiro atoms. The van der Waals surface area contributed by atoms with Crippen LogP contribution < -0.4 is 4.90 Å². The van der Waals surface area contributed by atoms with Crippen molar-refractivity contribution < 1.29 is 9.53 Å². The fourth-order valence-corrected chi connectivity index (χ4v) is 6.08. The number of nitrogens with zero attached hydrogens (tertiary/aromatic N) is 5. The molecule has 0 radical (unpaired) electrons. The number of anilines is 1. The van der Waals surface area contributed by atoms with Crippen molar-refractivity contribution in [2.24, 2.45) is 11.8 Å². The Kier molecular flexibility index (Phi) is 8.18. The molecule has 2 unspecified atom stereocenters. The van der Waals surface area contributed by atoms with E-state index in [0.717, 1.165) is 83.3 Å². The summed E-state index contributed by atoms with van der Waals surface area (Å²) in [6.07, 6.45) is 8.82. The summed E-state index contributed by atoms with van der Waals surface area (Å²) in [4.78, 5) is 19.8. The van der Waals surface area contributed by atoms with E-state index in [1.807, 2.05) is 11.0 Å². The molecule has 3 aliphatic heterocycles. The molecular weight excluding hydrogens is 485 g/mol. The number of fused-ring (bicyclic) bond motifs is 1. The normalized spacial score (nSPS) is 24.4.